The van der Waals surface area contributed by atoms with Crippen LogP contribution in [0.5, 0.6) is 5.75 Å². The van der Waals surface area contributed by atoms with E-state index in [1.807, 2.05) is 0 Å². The van der Waals surface area contributed by atoms with Crippen LogP contribution in [0, 0.1) is 0 Å². The maximum absolute atomic E-state index is 12.8. The zero-order valence-electron chi connectivity index (χ0n) is 14.0. The maximum atomic E-state index is 12.8. The third-order valence-electron chi connectivity index (χ3n) is 4.10. The standard InChI is InChI=1S/C18H18N2O4S/c1-13(21)24-15-8-4-3-7-14(15)18(10-11-18)17(22)20-25(2,23)16-9-5-6-12-19-16/h3-9,12H,10-11H2,1-2H3. The fourth-order valence-electron chi connectivity index (χ4n) is 2.69. The number of benzene rings is 1. The summed E-state index contributed by atoms with van der Waals surface area (Å²) in [7, 11) is -2.94. The van der Waals surface area contributed by atoms with Crippen LogP contribution >= 0.6 is 0 Å². The van der Waals surface area contributed by atoms with E-state index in [-0.39, 0.29) is 5.03 Å². The van der Waals surface area contributed by atoms with Gasteiger partial charge in [0.15, 0.2) is 0 Å². The Bertz CT molecular complexity index is 943. The van der Waals surface area contributed by atoms with E-state index in [9.17, 15) is 13.8 Å². The van der Waals surface area contributed by atoms with Gasteiger partial charge in [-0.05, 0) is 31.0 Å². The summed E-state index contributed by atoms with van der Waals surface area (Å²) in [5, 5.41) is 0.271. The summed E-state index contributed by atoms with van der Waals surface area (Å²) in [4.78, 5) is 28.2. The molecule has 1 fully saturated rings. The number of ether oxygens (including phenoxy) is 1. The molecule has 1 amide bonds. The number of hydrogen-bond acceptors (Lipinski definition) is 5. The minimum absolute atomic E-state index is 0.271. The number of nitrogens with zero attached hydrogens (tertiary/aromatic N) is 2. The summed E-state index contributed by atoms with van der Waals surface area (Å²) in [6.07, 6.45) is 4.07. The molecule has 3 rings (SSSR count). The normalized spacial score (nSPS) is 17.2. The van der Waals surface area contributed by atoms with Gasteiger partial charge in [-0.25, -0.2) is 9.19 Å². The number of amides is 1. The van der Waals surface area contributed by atoms with E-state index in [4.69, 9.17) is 4.74 Å². The zero-order valence-corrected chi connectivity index (χ0v) is 14.8. The molecule has 130 valence electrons. The van der Waals surface area contributed by atoms with Crippen molar-refractivity contribution in [3.63, 3.8) is 0 Å². The predicted octanol–water partition coefficient (Wildman–Crippen LogP) is 2.72. The first-order valence-electron chi connectivity index (χ1n) is 7.81. The summed E-state index contributed by atoms with van der Waals surface area (Å²) in [5.74, 6) is -0.581. The Hall–Kier alpha value is -2.54. The number of para-hydroxylation sites is 1. The van der Waals surface area contributed by atoms with E-state index in [2.05, 4.69) is 9.35 Å². The topological polar surface area (TPSA) is 85.7 Å². The van der Waals surface area contributed by atoms with Crippen molar-refractivity contribution in [1.29, 1.82) is 0 Å². The number of pyridine rings is 1. The van der Waals surface area contributed by atoms with Crippen molar-refractivity contribution in [3.05, 3.63) is 54.2 Å². The van der Waals surface area contributed by atoms with Crippen molar-refractivity contribution in [1.82, 2.24) is 4.98 Å². The van der Waals surface area contributed by atoms with Crippen molar-refractivity contribution >= 4 is 21.6 Å². The summed E-state index contributed by atoms with van der Waals surface area (Å²) in [6, 6.07) is 11.9. The monoisotopic (exact) mass is 358 g/mol. The van der Waals surface area contributed by atoms with Gasteiger partial charge < -0.3 is 4.74 Å². The molecule has 1 aromatic carbocycles. The van der Waals surface area contributed by atoms with Crippen LogP contribution in [0.25, 0.3) is 0 Å². The van der Waals surface area contributed by atoms with E-state index in [1.165, 1.54) is 19.4 Å². The van der Waals surface area contributed by atoms with Gasteiger partial charge in [0, 0.05) is 24.9 Å². The lowest BCUT2D eigenvalue weighted by atomic mass is 9.94. The second kappa shape index (κ2) is 6.40. The molecule has 0 radical (unpaired) electrons. The Balaban J connectivity index is 2.00. The van der Waals surface area contributed by atoms with Crippen molar-refractivity contribution in [3.8, 4) is 5.75 Å². The number of carbonyl (C=O) groups excluding carboxylic acids is 2. The number of aromatic nitrogens is 1. The number of carbonyl (C=O) groups is 2. The van der Waals surface area contributed by atoms with Crippen molar-refractivity contribution in [2.75, 3.05) is 6.26 Å². The summed E-state index contributed by atoms with van der Waals surface area (Å²) >= 11 is 0. The van der Waals surface area contributed by atoms with Crippen LogP contribution in [0.2, 0.25) is 0 Å². The van der Waals surface area contributed by atoms with E-state index in [0.29, 0.717) is 24.2 Å². The Morgan fingerprint density at radius 1 is 1.16 bits per heavy atom. The van der Waals surface area contributed by atoms with Crippen molar-refractivity contribution in [2.24, 2.45) is 4.36 Å². The molecule has 0 spiro atoms. The second-order valence-electron chi connectivity index (χ2n) is 6.04. The van der Waals surface area contributed by atoms with Crippen LogP contribution in [0.1, 0.15) is 25.3 Å². The molecule has 0 saturated heterocycles. The highest BCUT2D eigenvalue weighted by Gasteiger charge is 2.53. The molecule has 25 heavy (non-hydrogen) atoms. The number of rotatable bonds is 4. The smallest absolute Gasteiger partial charge is 0.308 e. The molecule has 1 aromatic heterocycles. The van der Waals surface area contributed by atoms with Gasteiger partial charge in [-0.3, -0.25) is 9.59 Å². The second-order valence-corrected chi connectivity index (χ2v) is 8.24. The third-order valence-corrected chi connectivity index (χ3v) is 5.63. The fourth-order valence-corrected chi connectivity index (χ4v) is 3.86. The lowest BCUT2D eigenvalue weighted by Crippen LogP contribution is -2.21. The summed E-state index contributed by atoms with van der Waals surface area (Å²) in [6.45, 7) is 1.31. The lowest BCUT2D eigenvalue weighted by molar-refractivity contribution is -0.132. The molecule has 1 saturated carbocycles. The molecule has 2 aromatic rings. The van der Waals surface area contributed by atoms with Gasteiger partial charge in [-0.15, -0.1) is 0 Å². The third kappa shape index (κ3) is 3.46. The van der Waals surface area contributed by atoms with Gasteiger partial charge in [0.1, 0.15) is 10.8 Å². The number of esters is 1. The van der Waals surface area contributed by atoms with Crippen LogP contribution in [0.4, 0.5) is 0 Å². The van der Waals surface area contributed by atoms with Crippen LogP contribution in [0.3, 0.4) is 0 Å². The highest BCUT2D eigenvalue weighted by molar-refractivity contribution is 7.93. The quantitative estimate of drug-likeness (QED) is 0.620. The first-order chi connectivity index (χ1) is 11.8. The first kappa shape index (κ1) is 17.3. The largest absolute Gasteiger partial charge is 0.426 e. The minimum Gasteiger partial charge on any atom is -0.426 e. The SMILES string of the molecule is CC(=O)Oc1ccccc1C1(C(=O)N=S(C)(=O)c2ccccn2)CC1. The molecule has 0 N–H and O–H groups in total. The van der Waals surface area contributed by atoms with Gasteiger partial charge in [-0.2, -0.15) is 4.36 Å². The fraction of sp³-hybridized carbons (Fsp3) is 0.278. The minimum atomic E-state index is -2.94. The Morgan fingerprint density at radius 3 is 2.44 bits per heavy atom. The van der Waals surface area contributed by atoms with Gasteiger partial charge in [0.2, 0.25) is 0 Å². The molecular weight excluding hydrogens is 340 g/mol. The molecule has 1 heterocycles. The molecule has 0 aliphatic heterocycles. The predicted molar refractivity (Wildman–Crippen MR) is 92.7 cm³/mol. The summed E-state index contributed by atoms with van der Waals surface area (Å²) < 4.78 is 22.0. The van der Waals surface area contributed by atoms with E-state index in [0.717, 1.165) is 0 Å². The summed E-state index contributed by atoms with van der Waals surface area (Å²) in [5.41, 5.74) is -0.269. The van der Waals surface area contributed by atoms with E-state index in [1.54, 1.807) is 42.5 Å². The first-order valence-corrected chi connectivity index (χ1v) is 9.73. The van der Waals surface area contributed by atoms with Gasteiger partial charge in [0.05, 0.1) is 15.1 Å². The van der Waals surface area contributed by atoms with Gasteiger partial charge >= 0.3 is 5.97 Å². The molecule has 1 unspecified atom stereocenters. The Morgan fingerprint density at radius 2 is 1.84 bits per heavy atom. The van der Waals surface area contributed by atoms with Gasteiger partial charge in [0.25, 0.3) is 5.91 Å². The molecule has 0 bridgehead atoms. The Labute approximate surface area is 146 Å². The van der Waals surface area contributed by atoms with Crippen LogP contribution < -0.4 is 4.74 Å². The molecule has 1 aliphatic carbocycles. The average Bonchev–Trinajstić information content (AvgIpc) is 3.37. The van der Waals surface area contributed by atoms with E-state index >= 15 is 0 Å². The zero-order chi connectivity index (χ0) is 18.1. The van der Waals surface area contributed by atoms with Crippen LogP contribution in [-0.4, -0.2) is 27.3 Å². The van der Waals surface area contributed by atoms with Crippen molar-refractivity contribution in [2.45, 2.75) is 30.2 Å². The molecule has 1 aliphatic rings. The Kier molecular flexibility index (Phi) is 4.43. The molecule has 6 nitrogen and oxygen atoms in total. The van der Waals surface area contributed by atoms with Gasteiger partial charge in [-0.1, -0.05) is 24.3 Å². The van der Waals surface area contributed by atoms with Crippen molar-refractivity contribution < 1.29 is 18.5 Å². The molecule has 1 atom stereocenters. The molecule has 7 heteroatoms. The highest BCUT2D eigenvalue weighted by Crippen LogP contribution is 2.52. The maximum Gasteiger partial charge on any atom is 0.308 e. The van der Waals surface area contributed by atoms with E-state index < -0.39 is 27.0 Å². The van der Waals surface area contributed by atoms with Crippen LogP contribution in [-0.2, 0) is 24.7 Å². The highest BCUT2D eigenvalue weighted by atomic mass is 32.2. The molecular formula is C18H18N2O4S. The number of hydrogen-bond donors (Lipinski definition) is 0. The van der Waals surface area contributed by atoms with Crippen LogP contribution in [0.15, 0.2) is 58.1 Å². The average molecular weight is 358 g/mol. The lowest BCUT2D eigenvalue weighted by Gasteiger charge is -2.16.